The second kappa shape index (κ2) is 11.0. The monoisotopic (exact) mass is 555 g/mol. The van der Waals surface area contributed by atoms with Crippen LogP contribution in [0.5, 0.6) is 0 Å². The number of carbonyl (C=O) groups is 1. The summed E-state index contributed by atoms with van der Waals surface area (Å²) in [5.41, 5.74) is -1.86. The van der Waals surface area contributed by atoms with Crippen molar-refractivity contribution in [3.05, 3.63) is 51.3 Å². The molecular formula is C21H21F6N5O4S. The van der Waals surface area contributed by atoms with E-state index in [2.05, 4.69) is 10.1 Å². The summed E-state index contributed by atoms with van der Waals surface area (Å²) in [5.74, 6) is -2.51. The molecule has 1 aliphatic heterocycles. The highest BCUT2D eigenvalue weighted by atomic mass is 32.2. The van der Waals surface area contributed by atoms with Crippen LogP contribution < -0.4 is 10.5 Å². The summed E-state index contributed by atoms with van der Waals surface area (Å²) in [6.07, 6.45) is -8.07. The van der Waals surface area contributed by atoms with Gasteiger partial charge in [-0.05, 0) is 30.4 Å². The van der Waals surface area contributed by atoms with Crippen molar-refractivity contribution in [3.8, 4) is 0 Å². The van der Waals surface area contributed by atoms with Gasteiger partial charge in [-0.25, -0.2) is 4.79 Å². The fraction of sp³-hybridized carbons (Fsp3) is 0.429. The summed E-state index contributed by atoms with van der Waals surface area (Å²) in [6, 6.07) is 4.69. The first kappa shape index (κ1) is 25.4. The van der Waals surface area contributed by atoms with Crippen molar-refractivity contribution in [2.45, 2.75) is 30.9 Å². The van der Waals surface area contributed by atoms with E-state index < -0.39 is 35.9 Å². The van der Waals surface area contributed by atoms with E-state index in [1.165, 1.54) is 25.1 Å². The van der Waals surface area contributed by atoms with Crippen molar-refractivity contribution in [1.29, 1.82) is 0 Å². The first-order chi connectivity index (χ1) is 18.0. The molecule has 0 aliphatic carbocycles. The molecule has 0 atom stereocenters. The maximum Gasteiger partial charge on any atom is 0.490 e. The predicted octanol–water partition coefficient (Wildman–Crippen LogP) is 3.46. The van der Waals surface area contributed by atoms with Crippen LogP contribution in [0.1, 0.15) is 19.4 Å². The maximum atomic E-state index is 13.5. The average molecular weight is 555 g/mol. The van der Waals surface area contributed by atoms with Gasteiger partial charge in [0.2, 0.25) is 5.78 Å². The van der Waals surface area contributed by atoms with Crippen molar-refractivity contribution in [3.63, 3.8) is 0 Å². The Morgan fingerprint density at radius 1 is 1.22 bits per heavy atom. The minimum absolute atomic E-state index is 0.0925. The molecular weight excluding hydrogens is 532 g/mol. The topological polar surface area (TPSA) is 102 Å². The molecule has 37 heavy (non-hydrogen) atoms. The summed E-state index contributed by atoms with van der Waals surface area (Å²) in [5, 5.41) is 11.4. The number of fused-ring (bicyclic) bond motifs is 1. The zero-order valence-corrected chi connectivity index (χ0v) is 20.0. The number of rotatable bonds is 4. The summed E-state index contributed by atoms with van der Waals surface area (Å²) < 4.78 is 97.1. The van der Waals surface area contributed by atoms with Gasteiger partial charge in [0.05, 0.1) is 28.0 Å². The molecule has 0 unspecified atom stereocenters. The van der Waals surface area contributed by atoms with Crippen LogP contribution in [0.4, 0.5) is 32.2 Å². The van der Waals surface area contributed by atoms with Crippen LogP contribution in [0.3, 0.4) is 0 Å². The molecule has 0 bridgehead atoms. The van der Waals surface area contributed by atoms with Gasteiger partial charge in [0.25, 0.3) is 5.56 Å². The van der Waals surface area contributed by atoms with Crippen molar-refractivity contribution in [1.82, 2.24) is 19.2 Å². The van der Waals surface area contributed by atoms with Crippen LogP contribution >= 0.6 is 11.8 Å². The average Bonchev–Trinajstić information content (AvgIpc) is 3.24. The molecule has 202 valence electrons. The number of benzene rings is 1. The summed E-state index contributed by atoms with van der Waals surface area (Å²) >= 11 is 1.06. The number of carboxylic acid groups (broad SMARTS) is 1. The van der Waals surface area contributed by atoms with Crippen molar-refractivity contribution >= 4 is 29.3 Å². The summed E-state index contributed by atoms with van der Waals surface area (Å²) in [6.45, 7) is 0.694. The van der Waals surface area contributed by atoms with E-state index in [-0.39, 0.29) is 22.1 Å². The van der Waals surface area contributed by atoms with Crippen LogP contribution in [0.25, 0.3) is 5.78 Å². The second-order valence-corrected chi connectivity index (χ2v) is 8.25. The lowest BCUT2D eigenvalue weighted by molar-refractivity contribution is -0.192. The zero-order chi connectivity index (χ0) is 29.3. The number of thioether (sulfide) groups is 1. The van der Waals surface area contributed by atoms with E-state index in [9.17, 15) is 31.1 Å². The molecule has 1 saturated heterocycles. The molecule has 1 N–H and O–H groups in total. The lowest BCUT2D eigenvalue weighted by atomic mass is 10.0. The fourth-order valence-corrected chi connectivity index (χ4v) is 3.75. The smallest absolute Gasteiger partial charge is 0.475 e. The fourth-order valence-electron chi connectivity index (χ4n) is 3.28. The first-order valence-corrected chi connectivity index (χ1v) is 11.6. The molecule has 0 spiro atoms. The lowest BCUT2D eigenvalue weighted by Gasteiger charge is -2.27. The van der Waals surface area contributed by atoms with Gasteiger partial charge in [0.1, 0.15) is 5.82 Å². The number of halogens is 6. The normalized spacial score (nSPS) is 15.6. The minimum Gasteiger partial charge on any atom is -0.475 e. The van der Waals surface area contributed by atoms with Crippen LogP contribution in [-0.4, -0.2) is 69.0 Å². The van der Waals surface area contributed by atoms with E-state index >= 15 is 0 Å². The second-order valence-electron chi connectivity index (χ2n) is 7.48. The van der Waals surface area contributed by atoms with Crippen LogP contribution in [0, 0.1) is 6.92 Å². The van der Waals surface area contributed by atoms with Crippen LogP contribution in [0.2, 0.25) is 0 Å². The van der Waals surface area contributed by atoms with Gasteiger partial charge in [-0.1, -0.05) is 23.9 Å². The summed E-state index contributed by atoms with van der Waals surface area (Å²) in [7, 11) is 0. The van der Waals surface area contributed by atoms with Crippen molar-refractivity contribution < 1.29 is 43.7 Å². The Balaban J connectivity index is 0.000000532. The number of anilines is 1. The highest BCUT2D eigenvalue weighted by Gasteiger charge is 2.38. The number of aliphatic carboxylic acids is 1. The Hall–Kier alpha value is -3.27. The molecule has 9 nitrogen and oxygen atoms in total. The molecule has 3 aromatic rings. The van der Waals surface area contributed by atoms with Crippen molar-refractivity contribution in [2.24, 2.45) is 0 Å². The molecule has 0 amide bonds. The minimum atomic E-state index is -5.08. The van der Waals surface area contributed by atoms with Crippen LogP contribution in [-0.2, 0) is 22.2 Å². The van der Waals surface area contributed by atoms with Crippen LogP contribution in [0.15, 0.2) is 34.2 Å². The largest absolute Gasteiger partial charge is 0.490 e. The SMILES string of the molecule is O=C(O)C(F)(F)F.[2H]C([2H])(c1cccc(C(F)(F)F)c1C)n1c(SC)nn2c(=O)cc(N3CCOCC3)nc12. The Kier molecular flexibility index (Phi) is 7.55. The number of nitrogens with zero attached hydrogens (tertiary/aromatic N) is 5. The Morgan fingerprint density at radius 2 is 1.84 bits per heavy atom. The highest BCUT2D eigenvalue weighted by Crippen LogP contribution is 2.33. The van der Waals surface area contributed by atoms with E-state index in [0.717, 1.165) is 26.9 Å². The zero-order valence-electron chi connectivity index (χ0n) is 21.2. The molecule has 0 saturated carbocycles. The number of ether oxygens (including phenoxy) is 1. The van der Waals surface area contributed by atoms with E-state index in [1.807, 2.05) is 4.90 Å². The predicted molar refractivity (Wildman–Crippen MR) is 121 cm³/mol. The summed E-state index contributed by atoms with van der Waals surface area (Å²) in [4.78, 5) is 28.0. The number of aromatic nitrogens is 4. The standard InChI is InChI=1S/C19H20F3N5O2S.C2HF3O2/c1-12-13(4-3-5-14(12)19(20,21)22)11-26-17-23-15(25-6-8-29-9-7-25)10-16(28)27(17)24-18(26)30-2;3-2(4,5)1(6)7/h3-5,10H,6-9,11H2,1-2H3;(H,6,7)/i11D2;. The number of carboxylic acids is 1. The van der Waals surface area contributed by atoms with E-state index in [0.29, 0.717) is 32.1 Å². The number of morpholine rings is 1. The van der Waals surface area contributed by atoms with E-state index in [1.54, 1.807) is 6.26 Å². The third-order valence-electron chi connectivity index (χ3n) is 5.07. The molecule has 1 aliphatic rings. The quantitative estimate of drug-likeness (QED) is 0.386. The molecule has 1 aromatic carbocycles. The Labute approximate surface area is 212 Å². The first-order valence-electron chi connectivity index (χ1n) is 11.4. The van der Waals surface area contributed by atoms with Gasteiger partial charge in [0.15, 0.2) is 5.16 Å². The van der Waals surface area contributed by atoms with Gasteiger partial charge < -0.3 is 14.7 Å². The Morgan fingerprint density at radius 3 is 2.38 bits per heavy atom. The van der Waals surface area contributed by atoms with E-state index in [4.69, 9.17) is 17.4 Å². The van der Waals surface area contributed by atoms with Gasteiger partial charge in [-0.15, -0.1) is 5.10 Å². The maximum absolute atomic E-state index is 13.5. The number of hydrogen-bond acceptors (Lipinski definition) is 7. The van der Waals surface area contributed by atoms with Gasteiger partial charge >= 0.3 is 18.3 Å². The third-order valence-corrected chi connectivity index (χ3v) is 5.70. The lowest BCUT2D eigenvalue weighted by Crippen LogP contribution is -2.37. The molecule has 0 radical (unpaired) electrons. The molecule has 4 rings (SSSR count). The molecule has 2 aromatic heterocycles. The van der Waals surface area contributed by atoms with Gasteiger partial charge in [-0.2, -0.15) is 35.8 Å². The molecule has 3 heterocycles. The highest BCUT2D eigenvalue weighted by molar-refractivity contribution is 7.98. The molecule has 16 heteroatoms. The third kappa shape index (κ3) is 6.54. The van der Waals surface area contributed by atoms with Gasteiger partial charge in [-0.3, -0.25) is 9.36 Å². The Bertz CT molecular complexity index is 1420. The molecule has 1 fully saturated rings. The van der Waals surface area contributed by atoms with Crippen molar-refractivity contribution in [2.75, 3.05) is 37.5 Å². The number of alkyl halides is 6. The van der Waals surface area contributed by atoms with Gasteiger partial charge in [0, 0.05) is 19.2 Å². The number of hydrogen-bond donors (Lipinski definition) is 1.